The number of ether oxygens (including phenoxy) is 1. The second kappa shape index (κ2) is 9.54. The Morgan fingerprint density at radius 3 is 2.47 bits per heavy atom. The Labute approximate surface area is 189 Å². The SMILES string of the molecule is NC1=NN=C(N2CCC(N3C[C@H]([C@@H](O)C(F)(F)F)OC[C@@H]3Cc3ccc(Cl)cc3)CC2)C1. The molecule has 7 nitrogen and oxygen atoms in total. The average Bonchev–Trinajstić information content (AvgIpc) is 3.21. The van der Waals surface area contributed by atoms with E-state index in [0.29, 0.717) is 23.7 Å². The van der Waals surface area contributed by atoms with Crippen molar-refractivity contribution >= 4 is 23.3 Å². The largest absolute Gasteiger partial charge is 0.416 e. The smallest absolute Gasteiger partial charge is 0.385 e. The molecule has 0 saturated carbocycles. The van der Waals surface area contributed by atoms with Crippen LogP contribution in [0.3, 0.4) is 0 Å². The van der Waals surface area contributed by atoms with Gasteiger partial charge in [0, 0.05) is 36.7 Å². The molecule has 3 atom stereocenters. The second-order valence-corrected chi connectivity index (χ2v) is 8.98. The minimum Gasteiger partial charge on any atom is -0.385 e. The zero-order chi connectivity index (χ0) is 22.9. The molecule has 3 aliphatic heterocycles. The number of alkyl halides is 3. The molecule has 0 unspecified atom stereocenters. The van der Waals surface area contributed by atoms with Crippen LogP contribution in [-0.4, -0.2) is 83.3 Å². The highest BCUT2D eigenvalue weighted by Crippen LogP contribution is 2.31. The summed E-state index contributed by atoms with van der Waals surface area (Å²) in [5.41, 5.74) is 6.75. The summed E-state index contributed by atoms with van der Waals surface area (Å²) in [6.07, 6.45) is -5.83. The summed E-state index contributed by atoms with van der Waals surface area (Å²) in [5, 5.41) is 18.4. The summed E-state index contributed by atoms with van der Waals surface area (Å²) < 4.78 is 44.9. The maximum absolute atomic E-state index is 13.1. The third kappa shape index (κ3) is 5.36. The zero-order valence-electron chi connectivity index (χ0n) is 17.5. The molecule has 1 aromatic rings. The molecular formula is C21H27ClF3N5O2. The minimum atomic E-state index is -4.72. The normalized spacial score (nSPS) is 26.7. The lowest BCUT2D eigenvalue weighted by molar-refractivity contribution is -0.250. The maximum Gasteiger partial charge on any atom is 0.416 e. The van der Waals surface area contributed by atoms with E-state index in [1.807, 2.05) is 12.1 Å². The van der Waals surface area contributed by atoms with Crippen LogP contribution in [0, 0.1) is 0 Å². The van der Waals surface area contributed by atoms with Crippen molar-refractivity contribution in [3.8, 4) is 0 Å². The summed E-state index contributed by atoms with van der Waals surface area (Å²) in [6, 6.07) is 7.43. The summed E-state index contributed by atoms with van der Waals surface area (Å²) in [5.74, 6) is 1.33. The topological polar surface area (TPSA) is 86.7 Å². The highest BCUT2D eigenvalue weighted by Gasteiger charge is 2.48. The van der Waals surface area contributed by atoms with E-state index in [-0.39, 0.29) is 25.2 Å². The fourth-order valence-electron chi connectivity index (χ4n) is 4.64. The van der Waals surface area contributed by atoms with E-state index in [1.165, 1.54) is 0 Å². The Hall–Kier alpha value is -1.88. The van der Waals surface area contributed by atoms with Crippen molar-refractivity contribution < 1.29 is 23.0 Å². The molecule has 0 spiro atoms. The number of nitrogens with zero attached hydrogens (tertiary/aromatic N) is 4. The van der Waals surface area contributed by atoms with Gasteiger partial charge in [-0.25, -0.2) is 0 Å². The average molecular weight is 474 g/mol. The number of hydrogen-bond donors (Lipinski definition) is 2. The Morgan fingerprint density at radius 2 is 1.88 bits per heavy atom. The summed E-state index contributed by atoms with van der Waals surface area (Å²) in [4.78, 5) is 4.23. The second-order valence-electron chi connectivity index (χ2n) is 8.54. The molecule has 3 aliphatic rings. The Bertz CT molecular complexity index is 856. The van der Waals surface area contributed by atoms with E-state index >= 15 is 0 Å². The standard InChI is InChI=1S/C21H27ClF3N5O2/c22-14-3-1-13(2-4-14)9-16-12-32-17(20(31)21(23,24)25)11-30(16)15-5-7-29(8-6-15)19-10-18(26)27-28-19/h1-4,15-17,20,31H,5-12H2,(H2,26,27)/t16-,17+,20+/m0/s1. The number of likely N-dealkylation sites (tertiary alicyclic amines) is 1. The van der Waals surface area contributed by atoms with Gasteiger partial charge < -0.3 is 20.5 Å². The molecular weight excluding hydrogens is 447 g/mol. The Balaban J connectivity index is 1.45. The lowest BCUT2D eigenvalue weighted by atomic mass is 9.95. The number of benzene rings is 1. The molecule has 0 aliphatic carbocycles. The van der Waals surface area contributed by atoms with Gasteiger partial charge in [-0.05, 0) is 37.0 Å². The fourth-order valence-corrected chi connectivity index (χ4v) is 4.77. The number of hydrogen-bond acceptors (Lipinski definition) is 7. The number of piperidine rings is 1. The van der Waals surface area contributed by atoms with Crippen LogP contribution in [0.25, 0.3) is 0 Å². The lowest BCUT2D eigenvalue weighted by Crippen LogP contribution is -2.61. The number of aliphatic hydroxyl groups excluding tert-OH is 1. The fraction of sp³-hybridized carbons (Fsp3) is 0.619. The predicted octanol–water partition coefficient (Wildman–Crippen LogP) is 2.41. The first-order valence-electron chi connectivity index (χ1n) is 10.7. The van der Waals surface area contributed by atoms with Crippen molar-refractivity contribution in [1.29, 1.82) is 0 Å². The number of nitrogens with two attached hydrogens (primary N) is 1. The van der Waals surface area contributed by atoms with Gasteiger partial charge in [0.15, 0.2) is 6.10 Å². The molecule has 2 fully saturated rings. The Kier molecular flexibility index (Phi) is 6.94. The third-order valence-electron chi connectivity index (χ3n) is 6.37. The Morgan fingerprint density at radius 1 is 1.19 bits per heavy atom. The first kappa shape index (κ1) is 23.3. The van der Waals surface area contributed by atoms with E-state index in [4.69, 9.17) is 22.1 Å². The molecule has 11 heteroatoms. The van der Waals surface area contributed by atoms with Crippen LogP contribution in [0.2, 0.25) is 5.02 Å². The van der Waals surface area contributed by atoms with Gasteiger partial charge in [-0.2, -0.15) is 13.2 Å². The third-order valence-corrected chi connectivity index (χ3v) is 6.62. The highest BCUT2D eigenvalue weighted by molar-refractivity contribution is 6.30. The van der Waals surface area contributed by atoms with Crippen LogP contribution < -0.4 is 5.73 Å². The number of morpholine rings is 1. The molecule has 0 aromatic heterocycles. The van der Waals surface area contributed by atoms with Gasteiger partial charge in [-0.15, -0.1) is 10.2 Å². The van der Waals surface area contributed by atoms with Crippen LogP contribution >= 0.6 is 11.6 Å². The summed E-state index contributed by atoms with van der Waals surface area (Å²) in [6.45, 7) is 1.60. The number of rotatable bonds is 4. The van der Waals surface area contributed by atoms with Gasteiger partial charge >= 0.3 is 6.18 Å². The first-order chi connectivity index (χ1) is 15.2. The number of amidine groups is 2. The predicted molar refractivity (Wildman–Crippen MR) is 116 cm³/mol. The van der Waals surface area contributed by atoms with Gasteiger partial charge in [-0.1, -0.05) is 23.7 Å². The molecule has 4 rings (SSSR count). The van der Waals surface area contributed by atoms with Gasteiger partial charge in [0.25, 0.3) is 0 Å². The summed E-state index contributed by atoms with van der Waals surface area (Å²) in [7, 11) is 0. The zero-order valence-corrected chi connectivity index (χ0v) is 18.3. The number of halogens is 4. The van der Waals surface area contributed by atoms with E-state index in [0.717, 1.165) is 37.3 Å². The van der Waals surface area contributed by atoms with Crippen LogP contribution in [0.1, 0.15) is 24.8 Å². The molecule has 0 radical (unpaired) electrons. The van der Waals surface area contributed by atoms with Gasteiger partial charge in [0.2, 0.25) is 0 Å². The quantitative estimate of drug-likeness (QED) is 0.701. The molecule has 1 aromatic carbocycles. The first-order valence-corrected chi connectivity index (χ1v) is 11.1. The van der Waals surface area contributed by atoms with Crippen molar-refractivity contribution in [2.24, 2.45) is 15.9 Å². The van der Waals surface area contributed by atoms with E-state index in [2.05, 4.69) is 20.0 Å². The van der Waals surface area contributed by atoms with Crippen molar-refractivity contribution in [3.05, 3.63) is 34.9 Å². The van der Waals surface area contributed by atoms with Crippen LogP contribution in [0.4, 0.5) is 13.2 Å². The monoisotopic (exact) mass is 473 g/mol. The van der Waals surface area contributed by atoms with Gasteiger partial charge in [-0.3, -0.25) is 4.90 Å². The van der Waals surface area contributed by atoms with Gasteiger partial charge in [0.05, 0.1) is 13.0 Å². The maximum atomic E-state index is 13.1. The van der Waals surface area contributed by atoms with Gasteiger partial charge in [0.1, 0.15) is 17.8 Å². The van der Waals surface area contributed by atoms with Crippen LogP contribution in [0.5, 0.6) is 0 Å². The molecule has 3 N–H and O–H groups in total. The molecule has 2 saturated heterocycles. The molecule has 0 bridgehead atoms. The van der Waals surface area contributed by atoms with Crippen molar-refractivity contribution in [2.75, 3.05) is 26.2 Å². The number of aliphatic hydroxyl groups is 1. The van der Waals surface area contributed by atoms with E-state index in [9.17, 15) is 18.3 Å². The lowest BCUT2D eigenvalue weighted by Gasteiger charge is -2.47. The van der Waals surface area contributed by atoms with Crippen molar-refractivity contribution in [3.63, 3.8) is 0 Å². The van der Waals surface area contributed by atoms with Crippen LogP contribution in [0.15, 0.2) is 34.5 Å². The minimum absolute atomic E-state index is 0.0284. The highest BCUT2D eigenvalue weighted by atomic mass is 35.5. The summed E-state index contributed by atoms with van der Waals surface area (Å²) >= 11 is 5.98. The molecule has 32 heavy (non-hydrogen) atoms. The van der Waals surface area contributed by atoms with Crippen LogP contribution in [-0.2, 0) is 11.2 Å². The van der Waals surface area contributed by atoms with Crippen molar-refractivity contribution in [2.45, 2.75) is 56.2 Å². The molecule has 176 valence electrons. The molecule has 0 amide bonds. The van der Waals surface area contributed by atoms with E-state index < -0.39 is 18.4 Å². The van der Waals surface area contributed by atoms with E-state index in [1.54, 1.807) is 12.1 Å². The molecule has 3 heterocycles. The van der Waals surface area contributed by atoms with Crippen molar-refractivity contribution in [1.82, 2.24) is 9.80 Å².